The Kier molecular flexibility index (Phi) is 6.04. The second-order valence-corrected chi connectivity index (χ2v) is 9.51. The number of rotatable bonds is 7. The molecule has 0 spiro atoms. The number of hydrogen-bond acceptors (Lipinski definition) is 6. The van der Waals surface area contributed by atoms with Gasteiger partial charge in [0.05, 0.1) is 6.61 Å². The third-order valence-corrected chi connectivity index (χ3v) is 6.67. The molecule has 7 heteroatoms. The number of halogens is 1. The lowest BCUT2D eigenvalue weighted by Crippen LogP contribution is -2.39. The highest BCUT2D eigenvalue weighted by Crippen LogP contribution is 2.48. The Hall–Kier alpha value is -2.61. The van der Waals surface area contributed by atoms with Gasteiger partial charge in [-0.25, -0.2) is 0 Å². The number of hydrogen-bond donors (Lipinski definition) is 0. The van der Waals surface area contributed by atoms with Crippen molar-refractivity contribution in [1.82, 2.24) is 0 Å². The molecule has 6 nitrogen and oxygen atoms in total. The summed E-state index contributed by atoms with van der Waals surface area (Å²) in [5, 5.41) is 1.16. The van der Waals surface area contributed by atoms with E-state index in [-0.39, 0.29) is 6.61 Å². The van der Waals surface area contributed by atoms with E-state index < -0.39 is 34.9 Å². The number of fused-ring (bicyclic) bond motifs is 1. The van der Waals surface area contributed by atoms with Gasteiger partial charge in [-0.05, 0) is 35.7 Å². The number of benzene rings is 3. The zero-order valence-corrected chi connectivity index (χ0v) is 19.7. The molecule has 2 saturated heterocycles. The minimum Gasteiger partial charge on any atom is -0.358 e. The zero-order chi connectivity index (χ0) is 23.8. The van der Waals surface area contributed by atoms with Crippen LogP contribution in [0.25, 0.3) is 0 Å². The van der Waals surface area contributed by atoms with Crippen molar-refractivity contribution in [2.75, 3.05) is 6.61 Å². The second kappa shape index (κ2) is 8.87. The van der Waals surface area contributed by atoms with Crippen LogP contribution in [0.15, 0.2) is 96.2 Å². The van der Waals surface area contributed by atoms with E-state index in [2.05, 4.69) is 5.18 Å². The van der Waals surface area contributed by atoms with E-state index in [4.69, 9.17) is 30.5 Å². The van der Waals surface area contributed by atoms with E-state index in [0.717, 1.165) is 16.7 Å². The predicted molar refractivity (Wildman–Crippen MR) is 128 cm³/mol. The van der Waals surface area contributed by atoms with Gasteiger partial charge in [0, 0.05) is 0 Å². The minimum atomic E-state index is -1.87. The van der Waals surface area contributed by atoms with E-state index >= 15 is 0 Å². The van der Waals surface area contributed by atoms with Crippen molar-refractivity contribution in [1.29, 1.82) is 0 Å². The Morgan fingerprint density at radius 1 is 0.824 bits per heavy atom. The summed E-state index contributed by atoms with van der Waals surface area (Å²) in [5.41, 5.74) is 1.92. The van der Waals surface area contributed by atoms with Gasteiger partial charge in [0.2, 0.25) is 0 Å². The molecule has 3 aromatic carbocycles. The van der Waals surface area contributed by atoms with Gasteiger partial charge in [-0.1, -0.05) is 103 Å². The van der Waals surface area contributed by atoms with E-state index in [1.807, 2.05) is 91.0 Å². The summed E-state index contributed by atoms with van der Waals surface area (Å²) in [4.78, 5) is 11.6. The summed E-state index contributed by atoms with van der Waals surface area (Å²) in [5.74, 6) is -0.919. The standard InChI is InChI=1S/C27H26ClNO5/c1-25(2)33-23-22(32-27(28,29-30)24(23)34-25)18-31-26(19-12-6-3-7-13-19,20-14-8-4-9-15-20)21-16-10-5-11-17-21/h3-17,22-24H,18H2,1-2H3/t22-,23-,24-,27?/m1/s1. The molecule has 0 N–H and O–H groups in total. The number of ether oxygens (including phenoxy) is 4. The molecule has 0 saturated carbocycles. The maximum atomic E-state index is 11.6. The van der Waals surface area contributed by atoms with Crippen molar-refractivity contribution in [3.63, 3.8) is 0 Å². The van der Waals surface area contributed by atoms with Crippen molar-refractivity contribution in [3.8, 4) is 0 Å². The first-order valence-corrected chi connectivity index (χ1v) is 11.6. The molecular formula is C27H26ClNO5. The molecule has 0 aromatic heterocycles. The lowest BCUT2D eigenvalue weighted by Gasteiger charge is -2.37. The molecule has 2 aliphatic heterocycles. The third-order valence-electron chi connectivity index (χ3n) is 6.29. The van der Waals surface area contributed by atoms with Gasteiger partial charge in [-0.15, -0.1) is 4.91 Å². The largest absolute Gasteiger partial charge is 0.358 e. The normalized spacial score (nSPS) is 27.9. The molecule has 2 aliphatic rings. The summed E-state index contributed by atoms with van der Waals surface area (Å²) in [6.45, 7) is 3.63. The van der Waals surface area contributed by atoms with Gasteiger partial charge in [0.1, 0.15) is 17.8 Å². The van der Waals surface area contributed by atoms with Gasteiger partial charge >= 0.3 is 5.18 Å². The first-order chi connectivity index (χ1) is 16.4. The van der Waals surface area contributed by atoms with Crippen LogP contribution in [-0.4, -0.2) is 35.9 Å². The van der Waals surface area contributed by atoms with Crippen LogP contribution in [0.3, 0.4) is 0 Å². The number of nitrogens with zero attached hydrogens (tertiary/aromatic N) is 1. The maximum Gasteiger partial charge on any atom is 0.306 e. The van der Waals surface area contributed by atoms with E-state index in [1.165, 1.54) is 0 Å². The Morgan fingerprint density at radius 2 is 1.29 bits per heavy atom. The fourth-order valence-electron chi connectivity index (χ4n) is 4.86. The summed E-state index contributed by atoms with van der Waals surface area (Å²) < 4.78 is 24.6. The lowest BCUT2D eigenvalue weighted by atomic mass is 9.80. The second-order valence-electron chi connectivity index (χ2n) is 8.97. The molecule has 0 bridgehead atoms. The molecule has 3 aromatic rings. The maximum absolute atomic E-state index is 11.6. The lowest BCUT2D eigenvalue weighted by molar-refractivity contribution is -0.201. The molecular weight excluding hydrogens is 454 g/mol. The van der Waals surface area contributed by atoms with E-state index in [9.17, 15) is 4.91 Å². The molecule has 5 rings (SSSR count). The van der Waals surface area contributed by atoms with Crippen LogP contribution in [-0.2, 0) is 24.5 Å². The van der Waals surface area contributed by atoms with Crippen LogP contribution in [0.2, 0.25) is 0 Å². The SMILES string of the molecule is CC1(C)O[C@H]2[C@@H](O1)C(Cl)(N=O)O[C@@H]2COC(c1ccccc1)(c1ccccc1)c1ccccc1. The highest BCUT2D eigenvalue weighted by Gasteiger charge is 2.64. The number of alkyl halides is 1. The molecule has 0 radical (unpaired) electrons. The summed E-state index contributed by atoms with van der Waals surface area (Å²) >= 11 is 6.42. The van der Waals surface area contributed by atoms with Crippen molar-refractivity contribution >= 4 is 11.6 Å². The first kappa shape index (κ1) is 23.1. The van der Waals surface area contributed by atoms with Crippen molar-refractivity contribution in [2.24, 2.45) is 5.18 Å². The Balaban J connectivity index is 1.57. The molecule has 34 heavy (non-hydrogen) atoms. The summed E-state index contributed by atoms with van der Waals surface area (Å²) in [7, 11) is 0. The smallest absolute Gasteiger partial charge is 0.306 e. The summed E-state index contributed by atoms with van der Waals surface area (Å²) in [6, 6.07) is 30.0. The Labute approximate surface area is 203 Å². The van der Waals surface area contributed by atoms with Crippen molar-refractivity contribution in [2.45, 2.75) is 48.7 Å². The number of nitroso groups, excluding NO2 is 1. The Bertz CT molecular complexity index is 1030. The van der Waals surface area contributed by atoms with Crippen LogP contribution in [0, 0.1) is 4.91 Å². The van der Waals surface area contributed by atoms with Gasteiger partial charge in [0.25, 0.3) is 0 Å². The highest BCUT2D eigenvalue weighted by molar-refractivity contribution is 6.23. The van der Waals surface area contributed by atoms with Crippen molar-refractivity contribution < 1.29 is 18.9 Å². The van der Waals surface area contributed by atoms with Gasteiger partial charge in [0.15, 0.2) is 11.9 Å². The monoisotopic (exact) mass is 479 g/mol. The molecule has 0 aliphatic carbocycles. The Morgan fingerprint density at radius 3 is 1.74 bits per heavy atom. The van der Waals surface area contributed by atoms with E-state index in [1.54, 1.807) is 13.8 Å². The van der Waals surface area contributed by atoms with E-state index in [0.29, 0.717) is 0 Å². The molecule has 176 valence electrons. The minimum absolute atomic E-state index is 0.0866. The average molecular weight is 480 g/mol. The van der Waals surface area contributed by atoms with Gasteiger partial charge < -0.3 is 18.9 Å². The zero-order valence-electron chi connectivity index (χ0n) is 19.0. The van der Waals surface area contributed by atoms with Crippen LogP contribution in [0.1, 0.15) is 30.5 Å². The van der Waals surface area contributed by atoms with Crippen LogP contribution in [0.5, 0.6) is 0 Å². The topological polar surface area (TPSA) is 66.4 Å². The summed E-state index contributed by atoms with van der Waals surface area (Å²) in [6.07, 6.45) is -2.11. The molecule has 4 atom stereocenters. The van der Waals surface area contributed by atoms with Crippen LogP contribution >= 0.6 is 11.6 Å². The molecule has 2 fully saturated rings. The predicted octanol–water partition coefficient (Wildman–Crippen LogP) is 5.57. The quantitative estimate of drug-likeness (QED) is 0.192. The van der Waals surface area contributed by atoms with Crippen molar-refractivity contribution in [3.05, 3.63) is 113 Å². The molecule has 0 amide bonds. The van der Waals surface area contributed by atoms with Crippen LogP contribution < -0.4 is 0 Å². The fourth-order valence-corrected chi connectivity index (χ4v) is 5.14. The van der Waals surface area contributed by atoms with Gasteiger partial charge in [-0.3, -0.25) is 0 Å². The highest BCUT2D eigenvalue weighted by atomic mass is 35.5. The fraction of sp³-hybridized carbons (Fsp3) is 0.333. The average Bonchev–Trinajstić information content (AvgIpc) is 3.33. The van der Waals surface area contributed by atoms with Gasteiger partial charge in [-0.2, -0.15) is 0 Å². The first-order valence-electron chi connectivity index (χ1n) is 11.3. The van der Waals surface area contributed by atoms with Crippen LogP contribution in [0.4, 0.5) is 0 Å². The molecule has 2 heterocycles. The third kappa shape index (κ3) is 3.96. The molecule has 1 unspecified atom stereocenters.